The molecule has 7 nitrogen and oxygen atoms in total. The summed E-state index contributed by atoms with van der Waals surface area (Å²) < 4.78 is 68.4. The molecule has 0 atom stereocenters. The Morgan fingerprint density at radius 2 is 1.84 bits per heavy atom. The third kappa shape index (κ3) is 6.96. The minimum atomic E-state index is -4.53. The van der Waals surface area contributed by atoms with Gasteiger partial charge in [-0.15, -0.1) is 0 Å². The number of benzene rings is 2. The Kier molecular flexibility index (Phi) is 7.06. The minimum absolute atomic E-state index is 0.00943. The van der Waals surface area contributed by atoms with E-state index in [1.165, 1.54) is 30.3 Å². The number of hydrogen-bond acceptors (Lipinski definition) is 5. The number of alkyl halides is 3. The number of amides is 1. The summed E-state index contributed by atoms with van der Waals surface area (Å²) in [5, 5.41) is 11.7. The maximum atomic E-state index is 12.3. The van der Waals surface area contributed by atoms with E-state index < -0.39 is 22.8 Å². The van der Waals surface area contributed by atoms with E-state index >= 15 is 0 Å². The van der Waals surface area contributed by atoms with E-state index in [-0.39, 0.29) is 40.3 Å². The molecule has 32 heavy (non-hydrogen) atoms. The van der Waals surface area contributed by atoms with Gasteiger partial charge in [0.05, 0.1) is 10.5 Å². The van der Waals surface area contributed by atoms with Gasteiger partial charge in [-0.3, -0.25) is 4.79 Å². The highest BCUT2D eigenvalue weighted by Crippen LogP contribution is 2.25. The maximum absolute atomic E-state index is 12.3. The second-order valence-electron chi connectivity index (χ2n) is 7.31. The molecule has 0 aromatic heterocycles. The number of halogens is 3. The van der Waals surface area contributed by atoms with Crippen molar-refractivity contribution < 1.29 is 31.1 Å². The zero-order valence-corrected chi connectivity index (χ0v) is 17.6. The van der Waals surface area contributed by atoms with Crippen LogP contribution in [-0.2, 0) is 21.2 Å². The van der Waals surface area contributed by atoms with Crippen LogP contribution >= 0.6 is 0 Å². The van der Waals surface area contributed by atoms with Gasteiger partial charge >= 0.3 is 6.18 Å². The molecule has 0 unspecified atom stereocenters. The van der Waals surface area contributed by atoms with Crippen LogP contribution in [0.25, 0.3) is 0 Å². The molecule has 170 valence electrons. The smallest absolute Gasteiger partial charge is 0.422 e. The number of hydrogen-bond donors (Lipinski definition) is 2. The molecular formula is C21H20F3N3O4S. The van der Waals surface area contributed by atoms with Crippen LogP contribution in [0.1, 0.15) is 30.4 Å². The number of nitrogens with one attached hydrogen (secondary N) is 2. The number of sulfonamides is 1. The van der Waals surface area contributed by atoms with Crippen molar-refractivity contribution in [2.45, 2.75) is 42.8 Å². The molecule has 11 heteroatoms. The first-order valence-electron chi connectivity index (χ1n) is 9.70. The molecule has 0 aliphatic heterocycles. The highest BCUT2D eigenvalue weighted by Gasteiger charge is 2.29. The summed E-state index contributed by atoms with van der Waals surface area (Å²) in [6, 6.07) is 11.7. The number of nitriles is 1. The fourth-order valence-electron chi connectivity index (χ4n) is 2.79. The van der Waals surface area contributed by atoms with Crippen LogP contribution in [-0.4, -0.2) is 33.1 Å². The van der Waals surface area contributed by atoms with Crippen LogP contribution in [0.5, 0.6) is 5.75 Å². The average Bonchev–Trinajstić information content (AvgIpc) is 3.54. The lowest BCUT2D eigenvalue weighted by Crippen LogP contribution is -2.25. The van der Waals surface area contributed by atoms with Crippen molar-refractivity contribution in [3.05, 3.63) is 53.6 Å². The third-order valence-corrected chi connectivity index (χ3v) is 6.09. The molecule has 0 spiro atoms. The lowest BCUT2D eigenvalue weighted by atomic mass is 10.1. The van der Waals surface area contributed by atoms with Crippen LogP contribution in [0.3, 0.4) is 0 Å². The number of aryl methyl sites for hydroxylation is 1. The van der Waals surface area contributed by atoms with Crippen molar-refractivity contribution in [3.63, 3.8) is 0 Å². The zero-order chi connectivity index (χ0) is 23.4. The minimum Gasteiger partial charge on any atom is -0.483 e. The number of anilines is 1. The first-order valence-corrected chi connectivity index (χ1v) is 11.2. The van der Waals surface area contributed by atoms with Crippen molar-refractivity contribution in [2.24, 2.45) is 0 Å². The van der Waals surface area contributed by atoms with Gasteiger partial charge in [0.2, 0.25) is 15.9 Å². The highest BCUT2D eigenvalue weighted by atomic mass is 32.2. The fraction of sp³-hybridized carbons (Fsp3) is 0.333. The fourth-order valence-corrected chi connectivity index (χ4v) is 4.09. The summed E-state index contributed by atoms with van der Waals surface area (Å²) in [5.74, 6) is -0.598. The Labute approximate surface area is 183 Å². The first kappa shape index (κ1) is 23.6. The number of carbonyl (C=O) groups is 1. The molecule has 1 aliphatic carbocycles. The quantitative estimate of drug-likeness (QED) is 0.587. The van der Waals surface area contributed by atoms with E-state index in [0.717, 1.165) is 18.4 Å². The van der Waals surface area contributed by atoms with Crippen molar-refractivity contribution in [3.8, 4) is 11.8 Å². The van der Waals surface area contributed by atoms with Gasteiger partial charge in [-0.1, -0.05) is 12.1 Å². The molecule has 1 aliphatic rings. The topological polar surface area (TPSA) is 108 Å². The van der Waals surface area contributed by atoms with Gasteiger partial charge in [0.1, 0.15) is 11.8 Å². The Balaban J connectivity index is 1.53. The Morgan fingerprint density at radius 3 is 2.44 bits per heavy atom. The molecule has 0 radical (unpaired) electrons. The first-order chi connectivity index (χ1) is 15.1. The van der Waals surface area contributed by atoms with Crippen LogP contribution in [0.4, 0.5) is 18.9 Å². The zero-order valence-electron chi connectivity index (χ0n) is 16.8. The van der Waals surface area contributed by atoms with Gasteiger partial charge in [0.25, 0.3) is 0 Å². The predicted molar refractivity (Wildman–Crippen MR) is 109 cm³/mol. The van der Waals surface area contributed by atoms with E-state index in [0.29, 0.717) is 6.42 Å². The molecule has 1 amide bonds. The summed E-state index contributed by atoms with van der Waals surface area (Å²) in [6.07, 6.45) is -2.42. The lowest BCUT2D eigenvalue weighted by Gasteiger charge is -2.12. The summed E-state index contributed by atoms with van der Waals surface area (Å²) in [6.45, 7) is -1.52. The van der Waals surface area contributed by atoms with Gasteiger partial charge in [-0.25, -0.2) is 13.1 Å². The summed E-state index contributed by atoms with van der Waals surface area (Å²) >= 11 is 0. The SMILES string of the molecule is N#Cc1cc(NC(=O)CCc2ccc(S(=O)(=O)NC3CC3)cc2)ccc1OCC(F)(F)F. The van der Waals surface area contributed by atoms with Gasteiger partial charge in [0, 0.05) is 18.2 Å². The number of carbonyl (C=O) groups excluding carboxylic acids is 1. The van der Waals surface area contributed by atoms with Crippen molar-refractivity contribution >= 4 is 21.6 Å². The van der Waals surface area contributed by atoms with E-state index in [1.807, 2.05) is 0 Å². The van der Waals surface area contributed by atoms with Gasteiger partial charge < -0.3 is 10.1 Å². The van der Waals surface area contributed by atoms with Crippen LogP contribution in [0.15, 0.2) is 47.4 Å². The molecule has 1 saturated carbocycles. The maximum Gasteiger partial charge on any atom is 0.422 e. The molecule has 0 saturated heterocycles. The van der Waals surface area contributed by atoms with Gasteiger partial charge in [-0.2, -0.15) is 18.4 Å². The number of nitrogens with zero attached hydrogens (tertiary/aromatic N) is 1. The van der Waals surface area contributed by atoms with Crippen LogP contribution in [0, 0.1) is 11.3 Å². The van der Waals surface area contributed by atoms with E-state index in [2.05, 4.69) is 14.8 Å². The molecular weight excluding hydrogens is 447 g/mol. The second-order valence-corrected chi connectivity index (χ2v) is 9.03. The Bertz CT molecular complexity index is 1120. The highest BCUT2D eigenvalue weighted by molar-refractivity contribution is 7.89. The standard InChI is InChI=1S/C21H20F3N3O4S/c22-21(23,24)13-31-19-9-6-17(11-15(19)12-25)26-20(28)10-3-14-1-7-18(8-2-14)32(29,30)27-16-4-5-16/h1-2,6-9,11,16,27H,3-5,10,13H2,(H,26,28). The molecule has 2 aromatic carbocycles. The van der Waals surface area contributed by atoms with Gasteiger partial charge in [0.15, 0.2) is 6.61 Å². The largest absolute Gasteiger partial charge is 0.483 e. The third-order valence-electron chi connectivity index (χ3n) is 4.55. The van der Waals surface area contributed by atoms with Crippen LogP contribution < -0.4 is 14.8 Å². The van der Waals surface area contributed by atoms with Crippen molar-refractivity contribution in [1.82, 2.24) is 4.72 Å². The summed E-state index contributed by atoms with van der Waals surface area (Å²) in [7, 11) is -3.54. The second kappa shape index (κ2) is 9.58. The number of rotatable bonds is 9. The normalized spacial score (nSPS) is 13.9. The van der Waals surface area contributed by atoms with E-state index in [9.17, 15) is 26.4 Å². The molecule has 0 bridgehead atoms. The average molecular weight is 467 g/mol. The summed E-state index contributed by atoms with van der Waals surface area (Å²) in [4.78, 5) is 12.4. The lowest BCUT2D eigenvalue weighted by molar-refractivity contribution is -0.153. The molecule has 2 aromatic rings. The van der Waals surface area contributed by atoms with E-state index in [4.69, 9.17) is 5.26 Å². The Hall–Kier alpha value is -3.10. The van der Waals surface area contributed by atoms with Crippen molar-refractivity contribution in [1.29, 1.82) is 5.26 Å². The molecule has 1 fully saturated rings. The van der Waals surface area contributed by atoms with Gasteiger partial charge in [-0.05, 0) is 55.2 Å². The van der Waals surface area contributed by atoms with Crippen LogP contribution in [0.2, 0.25) is 0 Å². The molecule has 0 heterocycles. The molecule has 2 N–H and O–H groups in total. The monoisotopic (exact) mass is 467 g/mol. The number of ether oxygens (including phenoxy) is 1. The Morgan fingerprint density at radius 1 is 1.16 bits per heavy atom. The van der Waals surface area contributed by atoms with E-state index in [1.54, 1.807) is 18.2 Å². The molecule has 3 rings (SSSR count). The predicted octanol–water partition coefficient (Wildman–Crippen LogP) is 3.51. The van der Waals surface area contributed by atoms with Crippen molar-refractivity contribution in [2.75, 3.05) is 11.9 Å². The summed E-state index contributed by atoms with van der Waals surface area (Å²) in [5.41, 5.74) is 0.876.